The van der Waals surface area contributed by atoms with Crippen LogP contribution in [0, 0.1) is 6.92 Å². The number of aryl methyl sites for hydroxylation is 1. The second-order valence-corrected chi connectivity index (χ2v) is 8.65. The van der Waals surface area contributed by atoms with E-state index in [1.807, 2.05) is 36.4 Å². The van der Waals surface area contributed by atoms with E-state index in [1.54, 1.807) is 6.26 Å². The zero-order valence-electron chi connectivity index (χ0n) is 18.4. The molecule has 0 saturated carbocycles. The van der Waals surface area contributed by atoms with Crippen LogP contribution in [0.1, 0.15) is 49.1 Å². The van der Waals surface area contributed by atoms with Gasteiger partial charge in [-0.1, -0.05) is 6.42 Å². The van der Waals surface area contributed by atoms with Gasteiger partial charge in [0, 0.05) is 20.1 Å². The smallest absolute Gasteiger partial charge is 0.191 e. The number of hydrogen-bond acceptors (Lipinski definition) is 6. The summed E-state index contributed by atoms with van der Waals surface area (Å²) >= 11 is 1.86. The van der Waals surface area contributed by atoms with E-state index in [2.05, 4.69) is 38.1 Å². The van der Waals surface area contributed by atoms with Gasteiger partial charge in [-0.3, -0.25) is 4.90 Å². The van der Waals surface area contributed by atoms with Gasteiger partial charge in [-0.05, 0) is 63.4 Å². The SMILES string of the molecule is CSCCCNC(=NCc1nnc(C)n1C)NCC(c1ccco1)N1CCCCC1. The molecule has 3 heterocycles. The number of rotatable bonds is 10. The van der Waals surface area contributed by atoms with Crippen molar-refractivity contribution in [2.45, 2.75) is 45.2 Å². The van der Waals surface area contributed by atoms with Crippen LogP contribution in [0.25, 0.3) is 0 Å². The monoisotopic (exact) mass is 433 g/mol. The highest BCUT2D eigenvalue weighted by Gasteiger charge is 2.24. The molecular weight excluding hydrogens is 398 g/mol. The lowest BCUT2D eigenvalue weighted by molar-refractivity contribution is 0.146. The molecule has 1 aliphatic heterocycles. The minimum Gasteiger partial charge on any atom is -0.468 e. The van der Waals surface area contributed by atoms with Crippen LogP contribution in [0.3, 0.4) is 0 Å². The highest BCUT2D eigenvalue weighted by atomic mass is 32.2. The number of guanidine groups is 1. The molecule has 1 aliphatic rings. The molecule has 8 nitrogen and oxygen atoms in total. The number of thioether (sulfide) groups is 1. The molecule has 0 aromatic carbocycles. The fourth-order valence-electron chi connectivity index (χ4n) is 3.65. The van der Waals surface area contributed by atoms with Crippen molar-refractivity contribution in [3.63, 3.8) is 0 Å². The highest BCUT2D eigenvalue weighted by molar-refractivity contribution is 7.98. The summed E-state index contributed by atoms with van der Waals surface area (Å²) in [7, 11) is 1.97. The molecule has 9 heteroatoms. The molecule has 1 atom stereocenters. The van der Waals surface area contributed by atoms with Crippen molar-refractivity contribution in [2.24, 2.45) is 12.0 Å². The predicted octanol–water partition coefficient (Wildman–Crippen LogP) is 2.73. The first-order valence-electron chi connectivity index (χ1n) is 10.8. The van der Waals surface area contributed by atoms with Crippen molar-refractivity contribution in [3.8, 4) is 0 Å². The van der Waals surface area contributed by atoms with Crippen LogP contribution >= 0.6 is 11.8 Å². The van der Waals surface area contributed by atoms with Gasteiger partial charge in [0.05, 0.1) is 12.3 Å². The van der Waals surface area contributed by atoms with Crippen molar-refractivity contribution >= 4 is 17.7 Å². The van der Waals surface area contributed by atoms with Gasteiger partial charge in [0.2, 0.25) is 0 Å². The summed E-state index contributed by atoms with van der Waals surface area (Å²) in [5.41, 5.74) is 0. The molecule has 0 radical (unpaired) electrons. The van der Waals surface area contributed by atoms with E-state index in [-0.39, 0.29) is 6.04 Å². The second kappa shape index (κ2) is 12.0. The molecule has 0 bridgehead atoms. The average Bonchev–Trinajstić information content (AvgIpc) is 3.41. The number of nitrogens with zero attached hydrogens (tertiary/aromatic N) is 5. The number of aliphatic imine (C=N–C) groups is 1. The van der Waals surface area contributed by atoms with Crippen LogP contribution in [0.15, 0.2) is 27.8 Å². The molecule has 0 aliphatic carbocycles. The molecule has 1 saturated heterocycles. The van der Waals surface area contributed by atoms with Crippen LogP contribution < -0.4 is 10.6 Å². The quantitative estimate of drug-likeness (QED) is 0.339. The van der Waals surface area contributed by atoms with Crippen LogP contribution in [0.5, 0.6) is 0 Å². The Balaban J connectivity index is 1.66. The Morgan fingerprint density at radius 1 is 1.27 bits per heavy atom. The van der Waals surface area contributed by atoms with Gasteiger partial charge in [-0.15, -0.1) is 10.2 Å². The van der Waals surface area contributed by atoms with Gasteiger partial charge in [-0.2, -0.15) is 11.8 Å². The Morgan fingerprint density at radius 2 is 2.10 bits per heavy atom. The summed E-state index contributed by atoms with van der Waals surface area (Å²) in [6, 6.07) is 4.25. The first kappa shape index (κ1) is 22.7. The van der Waals surface area contributed by atoms with E-state index in [1.165, 1.54) is 19.3 Å². The molecule has 2 aromatic rings. The maximum atomic E-state index is 5.78. The third-order valence-electron chi connectivity index (χ3n) is 5.54. The minimum atomic E-state index is 0.204. The third kappa shape index (κ3) is 6.50. The van der Waals surface area contributed by atoms with Gasteiger partial charge < -0.3 is 19.6 Å². The van der Waals surface area contributed by atoms with E-state index < -0.39 is 0 Å². The third-order valence-corrected chi connectivity index (χ3v) is 6.24. The van der Waals surface area contributed by atoms with E-state index in [9.17, 15) is 0 Å². The zero-order chi connectivity index (χ0) is 21.2. The Kier molecular flexibility index (Phi) is 9.07. The maximum absolute atomic E-state index is 5.78. The standard InChI is InChI=1S/C21H35N7OS/c1-17-25-26-20(27(17)2)16-24-21(22-10-8-14-30-3)23-15-18(19-9-7-13-29-19)28-11-5-4-6-12-28/h7,9,13,18H,4-6,8,10-12,14-16H2,1-3H3,(H2,22,23,24). The molecule has 0 spiro atoms. The van der Waals surface area contributed by atoms with Gasteiger partial charge in [0.1, 0.15) is 18.1 Å². The van der Waals surface area contributed by atoms with Crippen LogP contribution in [0.2, 0.25) is 0 Å². The Labute approximate surface area is 183 Å². The van der Waals surface area contributed by atoms with Gasteiger partial charge >= 0.3 is 0 Å². The Morgan fingerprint density at radius 3 is 2.77 bits per heavy atom. The largest absolute Gasteiger partial charge is 0.468 e. The summed E-state index contributed by atoms with van der Waals surface area (Å²) in [6.07, 6.45) is 8.80. The van der Waals surface area contributed by atoms with Crippen molar-refractivity contribution in [1.82, 2.24) is 30.3 Å². The number of hydrogen-bond donors (Lipinski definition) is 2. The summed E-state index contributed by atoms with van der Waals surface area (Å²) in [4.78, 5) is 7.30. The molecule has 30 heavy (non-hydrogen) atoms. The first-order valence-corrected chi connectivity index (χ1v) is 12.2. The summed E-state index contributed by atoms with van der Waals surface area (Å²) in [6.45, 7) is 6.30. The summed E-state index contributed by atoms with van der Waals surface area (Å²) in [5, 5.41) is 15.4. The van der Waals surface area contributed by atoms with Crippen molar-refractivity contribution in [2.75, 3.05) is 38.2 Å². The molecule has 166 valence electrons. The van der Waals surface area contributed by atoms with Crippen molar-refractivity contribution in [3.05, 3.63) is 35.8 Å². The normalized spacial score (nSPS) is 16.6. The summed E-state index contributed by atoms with van der Waals surface area (Å²) in [5.74, 6) is 4.70. The number of piperidine rings is 1. The lowest BCUT2D eigenvalue weighted by Crippen LogP contribution is -2.44. The fourth-order valence-corrected chi connectivity index (χ4v) is 4.08. The molecular formula is C21H35N7OS. The van der Waals surface area contributed by atoms with E-state index in [0.717, 1.165) is 61.7 Å². The molecule has 0 amide bonds. The van der Waals surface area contributed by atoms with Gasteiger partial charge in [0.15, 0.2) is 11.8 Å². The van der Waals surface area contributed by atoms with Gasteiger partial charge in [0.25, 0.3) is 0 Å². The van der Waals surface area contributed by atoms with E-state index in [4.69, 9.17) is 9.41 Å². The lowest BCUT2D eigenvalue weighted by Gasteiger charge is -2.33. The highest BCUT2D eigenvalue weighted by Crippen LogP contribution is 2.24. The maximum Gasteiger partial charge on any atom is 0.191 e. The number of nitrogens with one attached hydrogen (secondary N) is 2. The van der Waals surface area contributed by atoms with Crippen molar-refractivity contribution in [1.29, 1.82) is 0 Å². The fraction of sp³-hybridized carbons (Fsp3) is 0.667. The van der Waals surface area contributed by atoms with Gasteiger partial charge in [-0.25, -0.2) is 4.99 Å². The Bertz CT molecular complexity index is 768. The minimum absolute atomic E-state index is 0.204. The van der Waals surface area contributed by atoms with Crippen LogP contribution in [0.4, 0.5) is 0 Å². The van der Waals surface area contributed by atoms with Crippen LogP contribution in [-0.2, 0) is 13.6 Å². The molecule has 1 unspecified atom stereocenters. The molecule has 2 aromatic heterocycles. The first-order chi connectivity index (χ1) is 14.7. The molecule has 3 rings (SSSR count). The van der Waals surface area contributed by atoms with Crippen molar-refractivity contribution < 1.29 is 4.42 Å². The van der Waals surface area contributed by atoms with E-state index in [0.29, 0.717) is 6.54 Å². The average molecular weight is 434 g/mol. The summed E-state index contributed by atoms with van der Waals surface area (Å²) < 4.78 is 7.76. The molecule has 1 fully saturated rings. The topological polar surface area (TPSA) is 83.5 Å². The van der Waals surface area contributed by atoms with E-state index >= 15 is 0 Å². The second-order valence-electron chi connectivity index (χ2n) is 7.67. The Hall–Kier alpha value is -2.00. The predicted molar refractivity (Wildman–Crippen MR) is 123 cm³/mol. The molecule has 2 N–H and O–H groups in total. The number of likely N-dealkylation sites (tertiary alicyclic amines) is 1. The number of furan rings is 1. The van der Waals surface area contributed by atoms with Crippen LogP contribution in [-0.4, -0.2) is 63.8 Å². The lowest BCUT2D eigenvalue weighted by atomic mass is 10.1. The zero-order valence-corrected chi connectivity index (χ0v) is 19.2. The number of aromatic nitrogens is 3.